The summed E-state index contributed by atoms with van der Waals surface area (Å²) in [6.07, 6.45) is 7.37. The molecule has 5 rings (SSSR count). The summed E-state index contributed by atoms with van der Waals surface area (Å²) in [7, 11) is 0. The molecule has 0 bridgehead atoms. The summed E-state index contributed by atoms with van der Waals surface area (Å²) in [5.41, 5.74) is 2.06. The Balaban J connectivity index is 1.34. The zero-order valence-electron chi connectivity index (χ0n) is 16.8. The predicted molar refractivity (Wildman–Crippen MR) is 113 cm³/mol. The van der Waals surface area contributed by atoms with Crippen molar-refractivity contribution in [2.75, 3.05) is 37.6 Å². The fourth-order valence-corrected chi connectivity index (χ4v) is 5.22. The molecule has 3 aliphatic rings. The predicted octanol–water partition coefficient (Wildman–Crippen LogP) is 2.48. The molecule has 4 heterocycles. The molecule has 1 aromatic heterocycles. The second kappa shape index (κ2) is 7.80. The lowest BCUT2D eigenvalue weighted by Crippen LogP contribution is -2.49. The topological polar surface area (TPSA) is 69.6 Å². The third-order valence-electron chi connectivity index (χ3n) is 6.80. The fourth-order valence-electron chi connectivity index (χ4n) is 5.22. The van der Waals surface area contributed by atoms with E-state index >= 15 is 0 Å². The van der Waals surface area contributed by atoms with E-state index < -0.39 is 0 Å². The zero-order valence-corrected chi connectivity index (χ0v) is 16.8. The molecule has 0 radical (unpaired) electrons. The van der Waals surface area contributed by atoms with Crippen LogP contribution in [-0.4, -0.2) is 60.2 Å². The number of carbonyl (C=O) groups excluding carboxylic acids is 2. The minimum Gasteiger partial charge on any atom is -0.344 e. The molecule has 0 spiro atoms. The monoisotopic (exact) mass is 395 g/mol. The summed E-state index contributed by atoms with van der Waals surface area (Å²) < 4.78 is 2.39. The maximum absolute atomic E-state index is 12.3. The van der Waals surface area contributed by atoms with Gasteiger partial charge < -0.3 is 14.8 Å². The van der Waals surface area contributed by atoms with Crippen LogP contribution in [0, 0.1) is 0 Å². The van der Waals surface area contributed by atoms with Crippen LogP contribution in [0.15, 0.2) is 30.5 Å². The van der Waals surface area contributed by atoms with Crippen molar-refractivity contribution < 1.29 is 9.59 Å². The van der Waals surface area contributed by atoms with Crippen LogP contribution in [-0.2, 0) is 4.79 Å². The average Bonchev–Trinajstić information content (AvgIpc) is 3.19. The molecule has 3 fully saturated rings. The number of likely N-dealkylation sites (tertiary alicyclic amines) is 1. The minimum absolute atomic E-state index is 0.198. The number of amides is 3. The van der Waals surface area contributed by atoms with E-state index in [4.69, 9.17) is 0 Å². The van der Waals surface area contributed by atoms with Gasteiger partial charge in [0.15, 0.2) is 0 Å². The van der Waals surface area contributed by atoms with Crippen molar-refractivity contribution in [1.82, 2.24) is 20.1 Å². The molecule has 0 unspecified atom stereocenters. The Labute approximate surface area is 171 Å². The Hall–Kier alpha value is -2.38. The standard InChI is InChI=1S/C22H29N5O2/c28-21-9-15-27(22(29)24-21)20-3-1-2-19-18(20)8-14-26(19)17-6-12-25(13-7-17)16-4-10-23-11-5-16/h1-3,8,14,16-17,23H,4-7,9-13,15H2,(H,24,28,29). The summed E-state index contributed by atoms with van der Waals surface area (Å²) in [4.78, 5) is 28.2. The third kappa shape index (κ3) is 3.53. The number of fused-ring (bicyclic) bond motifs is 1. The molecule has 3 aliphatic heterocycles. The van der Waals surface area contributed by atoms with Gasteiger partial charge in [-0.3, -0.25) is 15.0 Å². The lowest BCUT2D eigenvalue weighted by molar-refractivity contribution is -0.120. The van der Waals surface area contributed by atoms with E-state index in [1.165, 1.54) is 18.4 Å². The Morgan fingerprint density at radius 2 is 1.69 bits per heavy atom. The molecule has 29 heavy (non-hydrogen) atoms. The molecule has 1 aromatic carbocycles. The van der Waals surface area contributed by atoms with Gasteiger partial charge in [-0.05, 0) is 57.0 Å². The van der Waals surface area contributed by atoms with Crippen molar-refractivity contribution in [3.63, 3.8) is 0 Å². The van der Waals surface area contributed by atoms with Crippen molar-refractivity contribution in [1.29, 1.82) is 0 Å². The van der Waals surface area contributed by atoms with Crippen molar-refractivity contribution in [2.24, 2.45) is 0 Å². The highest BCUT2D eigenvalue weighted by molar-refractivity contribution is 6.09. The highest BCUT2D eigenvalue weighted by atomic mass is 16.2. The average molecular weight is 396 g/mol. The molecule has 2 N–H and O–H groups in total. The van der Waals surface area contributed by atoms with Gasteiger partial charge in [-0.1, -0.05) is 6.07 Å². The van der Waals surface area contributed by atoms with Gasteiger partial charge in [-0.25, -0.2) is 4.79 Å². The number of hydrogen-bond donors (Lipinski definition) is 2. The molecular formula is C22H29N5O2. The zero-order chi connectivity index (χ0) is 19.8. The van der Waals surface area contributed by atoms with E-state index in [0.717, 1.165) is 56.1 Å². The summed E-state index contributed by atoms with van der Waals surface area (Å²) in [6.45, 7) is 5.04. The van der Waals surface area contributed by atoms with Crippen molar-refractivity contribution in [3.8, 4) is 0 Å². The first-order chi connectivity index (χ1) is 14.2. The van der Waals surface area contributed by atoms with Gasteiger partial charge in [-0.2, -0.15) is 0 Å². The molecule has 3 amide bonds. The van der Waals surface area contributed by atoms with Crippen LogP contribution in [0.1, 0.15) is 38.1 Å². The van der Waals surface area contributed by atoms with Gasteiger partial charge in [0.2, 0.25) is 5.91 Å². The quantitative estimate of drug-likeness (QED) is 0.838. The van der Waals surface area contributed by atoms with Crippen molar-refractivity contribution >= 4 is 28.5 Å². The van der Waals surface area contributed by atoms with Crippen molar-refractivity contribution in [3.05, 3.63) is 30.5 Å². The van der Waals surface area contributed by atoms with Gasteiger partial charge in [-0.15, -0.1) is 0 Å². The van der Waals surface area contributed by atoms with E-state index in [0.29, 0.717) is 19.0 Å². The number of urea groups is 1. The first-order valence-electron chi connectivity index (χ1n) is 10.9. The largest absolute Gasteiger partial charge is 0.344 e. The van der Waals surface area contributed by atoms with E-state index in [2.05, 4.69) is 38.4 Å². The molecule has 7 heteroatoms. The summed E-state index contributed by atoms with van der Waals surface area (Å²) in [5.74, 6) is -0.198. The lowest BCUT2D eigenvalue weighted by atomic mass is 9.98. The number of rotatable bonds is 3. The summed E-state index contributed by atoms with van der Waals surface area (Å²) in [6, 6.07) is 9.17. The summed E-state index contributed by atoms with van der Waals surface area (Å²) >= 11 is 0. The number of nitrogens with one attached hydrogen (secondary N) is 2. The smallest absolute Gasteiger partial charge is 0.328 e. The highest BCUT2D eigenvalue weighted by Crippen LogP contribution is 2.34. The van der Waals surface area contributed by atoms with Gasteiger partial charge in [0.1, 0.15) is 0 Å². The summed E-state index contributed by atoms with van der Waals surface area (Å²) in [5, 5.41) is 6.97. The van der Waals surface area contributed by atoms with E-state index in [-0.39, 0.29) is 11.9 Å². The minimum atomic E-state index is -0.322. The van der Waals surface area contributed by atoms with Gasteiger partial charge in [0.25, 0.3) is 0 Å². The van der Waals surface area contributed by atoms with Crippen LogP contribution >= 0.6 is 0 Å². The Kier molecular flexibility index (Phi) is 5.01. The number of carbonyl (C=O) groups is 2. The van der Waals surface area contributed by atoms with Crippen LogP contribution < -0.4 is 15.5 Å². The van der Waals surface area contributed by atoms with E-state index in [1.807, 2.05) is 12.1 Å². The molecule has 0 atom stereocenters. The molecule has 0 aliphatic carbocycles. The highest BCUT2D eigenvalue weighted by Gasteiger charge is 2.29. The Bertz CT molecular complexity index is 909. The SMILES string of the molecule is O=C1CCN(c2cccc3c2ccn3C2CCN(C3CCNCC3)CC2)C(=O)N1. The molecule has 2 aromatic rings. The number of nitrogens with zero attached hydrogens (tertiary/aromatic N) is 3. The Morgan fingerprint density at radius 1 is 0.897 bits per heavy atom. The molecule has 0 saturated carbocycles. The molecule has 154 valence electrons. The van der Waals surface area contributed by atoms with Gasteiger partial charge in [0.05, 0.1) is 11.2 Å². The van der Waals surface area contributed by atoms with Crippen molar-refractivity contribution in [2.45, 2.75) is 44.2 Å². The van der Waals surface area contributed by atoms with Gasteiger partial charge >= 0.3 is 6.03 Å². The molecule has 7 nitrogen and oxygen atoms in total. The maximum atomic E-state index is 12.3. The van der Waals surface area contributed by atoms with Crippen LogP contribution in [0.25, 0.3) is 10.9 Å². The number of aromatic nitrogens is 1. The Morgan fingerprint density at radius 3 is 2.45 bits per heavy atom. The third-order valence-corrected chi connectivity index (χ3v) is 6.80. The van der Waals surface area contributed by atoms with Crippen LogP contribution in [0.2, 0.25) is 0 Å². The van der Waals surface area contributed by atoms with Crippen LogP contribution in [0.4, 0.5) is 10.5 Å². The van der Waals surface area contributed by atoms with Gasteiger partial charge in [0, 0.05) is 49.7 Å². The van der Waals surface area contributed by atoms with E-state index in [9.17, 15) is 9.59 Å². The first kappa shape index (κ1) is 18.6. The number of hydrogen-bond acceptors (Lipinski definition) is 4. The molecular weight excluding hydrogens is 366 g/mol. The number of anilines is 1. The fraction of sp³-hybridized carbons (Fsp3) is 0.545. The second-order valence-corrected chi connectivity index (χ2v) is 8.44. The number of benzene rings is 1. The number of piperidine rings is 2. The molecule has 3 saturated heterocycles. The second-order valence-electron chi connectivity index (χ2n) is 8.44. The normalized spacial score (nSPS) is 23.0. The number of imide groups is 1. The van der Waals surface area contributed by atoms with E-state index in [1.54, 1.807) is 4.90 Å². The first-order valence-corrected chi connectivity index (χ1v) is 10.9. The maximum Gasteiger partial charge on any atom is 0.328 e. The van der Waals surface area contributed by atoms with Crippen LogP contribution in [0.3, 0.4) is 0 Å². The van der Waals surface area contributed by atoms with Crippen LogP contribution in [0.5, 0.6) is 0 Å². The lowest BCUT2D eigenvalue weighted by Gasteiger charge is -2.40.